The number of methoxy groups -OCH3 is 1. The summed E-state index contributed by atoms with van der Waals surface area (Å²) in [6.07, 6.45) is 1.46. The second-order valence-electron chi connectivity index (χ2n) is 3.01. The minimum atomic E-state index is -0.974. The molecule has 1 aromatic heterocycles. The molecule has 0 aliphatic heterocycles. The molecule has 1 heterocycles. The Balaban J connectivity index is 2.86. The minimum Gasteiger partial charge on any atom is -0.496 e. The van der Waals surface area contributed by atoms with Crippen LogP contribution in [-0.2, 0) is 0 Å². The number of benzene rings is 1. The highest BCUT2D eigenvalue weighted by Crippen LogP contribution is 2.33. The fourth-order valence-electron chi connectivity index (χ4n) is 1.52. The number of hydrogen-bond acceptors (Lipinski definition) is 2. The van der Waals surface area contributed by atoms with Crippen molar-refractivity contribution in [1.29, 1.82) is 0 Å². The van der Waals surface area contributed by atoms with Gasteiger partial charge in [-0.25, -0.2) is 4.79 Å². The van der Waals surface area contributed by atoms with Gasteiger partial charge in [-0.1, -0.05) is 0 Å². The number of aromatic amines is 1. The van der Waals surface area contributed by atoms with Crippen LogP contribution in [0.5, 0.6) is 5.75 Å². The third-order valence-electron chi connectivity index (χ3n) is 2.20. The molecule has 0 saturated heterocycles. The predicted molar refractivity (Wildman–Crippen MR) is 59.5 cm³/mol. The molecule has 1 aromatic carbocycles. The SMILES string of the molecule is COc1ccc(Br)c2[nH]cc(C(=O)O)c12. The topological polar surface area (TPSA) is 62.3 Å². The summed E-state index contributed by atoms with van der Waals surface area (Å²) in [5.41, 5.74) is 0.940. The minimum absolute atomic E-state index is 0.211. The van der Waals surface area contributed by atoms with Crippen molar-refractivity contribution in [1.82, 2.24) is 4.98 Å². The van der Waals surface area contributed by atoms with E-state index in [1.165, 1.54) is 13.3 Å². The van der Waals surface area contributed by atoms with Crippen molar-refractivity contribution in [3.63, 3.8) is 0 Å². The van der Waals surface area contributed by atoms with Gasteiger partial charge in [0.25, 0.3) is 0 Å². The monoisotopic (exact) mass is 269 g/mol. The first-order valence-electron chi connectivity index (χ1n) is 4.22. The molecule has 0 fully saturated rings. The Kier molecular flexibility index (Phi) is 2.40. The second kappa shape index (κ2) is 3.58. The van der Waals surface area contributed by atoms with E-state index < -0.39 is 5.97 Å². The predicted octanol–water partition coefficient (Wildman–Crippen LogP) is 2.64. The van der Waals surface area contributed by atoms with Crippen LogP contribution in [0.25, 0.3) is 10.9 Å². The zero-order chi connectivity index (χ0) is 11.0. The molecule has 2 N–H and O–H groups in total. The Morgan fingerprint density at radius 3 is 2.87 bits per heavy atom. The number of fused-ring (bicyclic) bond motifs is 1. The summed E-state index contributed by atoms with van der Waals surface area (Å²) in [6.45, 7) is 0. The van der Waals surface area contributed by atoms with Crippen molar-refractivity contribution < 1.29 is 14.6 Å². The van der Waals surface area contributed by atoms with Crippen LogP contribution in [0.2, 0.25) is 0 Å². The standard InChI is InChI=1S/C10H8BrNO3/c1-15-7-3-2-6(11)9-8(7)5(4-12-9)10(13)14/h2-4,12H,1H3,(H,13,14). The Morgan fingerprint density at radius 1 is 1.53 bits per heavy atom. The molecule has 5 heteroatoms. The molecule has 2 rings (SSSR count). The maximum Gasteiger partial charge on any atom is 0.338 e. The van der Waals surface area contributed by atoms with Gasteiger partial charge in [-0.2, -0.15) is 0 Å². The summed E-state index contributed by atoms with van der Waals surface area (Å²) in [7, 11) is 1.52. The molecule has 0 aliphatic rings. The summed E-state index contributed by atoms with van der Waals surface area (Å²) in [5, 5.41) is 9.57. The van der Waals surface area contributed by atoms with E-state index in [1.54, 1.807) is 6.07 Å². The molecular weight excluding hydrogens is 262 g/mol. The van der Waals surface area contributed by atoms with Crippen molar-refractivity contribution in [3.05, 3.63) is 28.4 Å². The smallest absolute Gasteiger partial charge is 0.338 e. The number of aromatic nitrogens is 1. The lowest BCUT2D eigenvalue weighted by atomic mass is 10.1. The maximum absolute atomic E-state index is 11.0. The van der Waals surface area contributed by atoms with E-state index in [9.17, 15) is 4.79 Å². The molecule has 2 aromatic rings. The fraction of sp³-hybridized carbons (Fsp3) is 0.100. The number of carbonyl (C=O) groups is 1. The molecule has 0 spiro atoms. The number of carboxylic acid groups (broad SMARTS) is 1. The molecule has 0 radical (unpaired) electrons. The van der Waals surface area contributed by atoms with Crippen molar-refractivity contribution in [2.75, 3.05) is 7.11 Å². The Labute approximate surface area is 94.0 Å². The lowest BCUT2D eigenvalue weighted by Crippen LogP contribution is -1.95. The lowest BCUT2D eigenvalue weighted by Gasteiger charge is -2.03. The van der Waals surface area contributed by atoms with Crippen molar-refractivity contribution >= 4 is 32.8 Å². The van der Waals surface area contributed by atoms with E-state index in [0.29, 0.717) is 11.1 Å². The number of nitrogens with one attached hydrogen (secondary N) is 1. The zero-order valence-corrected chi connectivity index (χ0v) is 9.46. The molecule has 78 valence electrons. The van der Waals surface area contributed by atoms with Gasteiger partial charge in [-0.3, -0.25) is 0 Å². The first-order chi connectivity index (χ1) is 7.15. The molecule has 0 saturated carbocycles. The Morgan fingerprint density at radius 2 is 2.27 bits per heavy atom. The highest BCUT2D eigenvalue weighted by Gasteiger charge is 2.16. The summed E-state index contributed by atoms with van der Waals surface area (Å²) >= 11 is 3.34. The number of ether oxygens (including phenoxy) is 1. The first-order valence-corrected chi connectivity index (χ1v) is 5.01. The average molecular weight is 270 g/mol. The van der Waals surface area contributed by atoms with Crippen LogP contribution in [-0.4, -0.2) is 23.2 Å². The van der Waals surface area contributed by atoms with E-state index >= 15 is 0 Å². The highest BCUT2D eigenvalue weighted by atomic mass is 79.9. The first kappa shape index (κ1) is 10.0. The summed E-state index contributed by atoms with van der Waals surface area (Å²) in [4.78, 5) is 13.9. The van der Waals surface area contributed by atoms with E-state index in [-0.39, 0.29) is 5.56 Å². The Bertz CT molecular complexity index is 533. The number of H-pyrrole nitrogens is 1. The molecule has 0 unspecified atom stereocenters. The van der Waals surface area contributed by atoms with Crippen LogP contribution in [0.1, 0.15) is 10.4 Å². The zero-order valence-electron chi connectivity index (χ0n) is 7.87. The fourth-order valence-corrected chi connectivity index (χ4v) is 1.97. The number of carboxylic acids is 1. The molecule has 0 amide bonds. The van der Waals surface area contributed by atoms with Crippen LogP contribution >= 0.6 is 15.9 Å². The lowest BCUT2D eigenvalue weighted by molar-refractivity contribution is 0.0699. The van der Waals surface area contributed by atoms with Crippen LogP contribution < -0.4 is 4.74 Å². The van der Waals surface area contributed by atoms with Crippen LogP contribution in [0.4, 0.5) is 0 Å². The van der Waals surface area contributed by atoms with Crippen LogP contribution in [0.15, 0.2) is 22.8 Å². The summed E-state index contributed by atoms with van der Waals surface area (Å²) in [5.74, 6) is -0.426. The van der Waals surface area contributed by atoms with E-state index in [4.69, 9.17) is 9.84 Å². The quantitative estimate of drug-likeness (QED) is 0.881. The normalized spacial score (nSPS) is 10.5. The van der Waals surface area contributed by atoms with Gasteiger partial charge in [-0.05, 0) is 28.1 Å². The van der Waals surface area contributed by atoms with Crippen molar-refractivity contribution in [3.8, 4) is 5.75 Å². The van der Waals surface area contributed by atoms with E-state index in [2.05, 4.69) is 20.9 Å². The van der Waals surface area contributed by atoms with Gasteiger partial charge in [-0.15, -0.1) is 0 Å². The van der Waals surface area contributed by atoms with Gasteiger partial charge in [0.05, 0.1) is 23.6 Å². The van der Waals surface area contributed by atoms with E-state index in [0.717, 1.165) is 9.99 Å². The molecule has 15 heavy (non-hydrogen) atoms. The van der Waals surface area contributed by atoms with Gasteiger partial charge in [0.15, 0.2) is 0 Å². The molecular formula is C10H8BrNO3. The molecule has 0 aliphatic carbocycles. The van der Waals surface area contributed by atoms with Crippen LogP contribution in [0.3, 0.4) is 0 Å². The maximum atomic E-state index is 11.0. The molecule has 0 bridgehead atoms. The van der Waals surface area contributed by atoms with Crippen molar-refractivity contribution in [2.24, 2.45) is 0 Å². The summed E-state index contributed by atoms with van der Waals surface area (Å²) in [6, 6.07) is 3.54. The van der Waals surface area contributed by atoms with Gasteiger partial charge in [0.1, 0.15) is 5.75 Å². The number of aromatic carboxylic acids is 1. The molecule has 4 nitrogen and oxygen atoms in total. The third-order valence-corrected chi connectivity index (χ3v) is 2.86. The number of rotatable bonds is 2. The van der Waals surface area contributed by atoms with Crippen molar-refractivity contribution in [2.45, 2.75) is 0 Å². The second-order valence-corrected chi connectivity index (χ2v) is 3.86. The van der Waals surface area contributed by atoms with Gasteiger partial charge < -0.3 is 14.8 Å². The highest BCUT2D eigenvalue weighted by molar-refractivity contribution is 9.10. The largest absolute Gasteiger partial charge is 0.496 e. The number of halogens is 1. The Hall–Kier alpha value is -1.49. The van der Waals surface area contributed by atoms with Crippen LogP contribution in [0, 0.1) is 0 Å². The molecule has 0 atom stereocenters. The van der Waals surface area contributed by atoms with Gasteiger partial charge in [0.2, 0.25) is 0 Å². The average Bonchev–Trinajstić information content (AvgIpc) is 2.64. The van der Waals surface area contributed by atoms with Gasteiger partial charge >= 0.3 is 5.97 Å². The van der Waals surface area contributed by atoms with E-state index in [1.807, 2.05) is 6.07 Å². The summed E-state index contributed by atoms with van der Waals surface area (Å²) < 4.78 is 5.94. The van der Waals surface area contributed by atoms with Gasteiger partial charge in [0, 0.05) is 10.7 Å². The third kappa shape index (κ3) is 1.48. The number of hydrogen-bond donors (Lipinski definition) is 2.